The van der Waals surface area contributed by atoms with Gasteiger partial charge in [0.15, 0.2) is 0 Å². The first-order chi connectivity index (χ1) is 8.13. The summed E-state index contributed by atoms with van der Waals surface area (Å²) in [5, 5.41) is 6.12. The summed E-state index contributed by atoms with van der Waals surface area (Å²) in [6.45, 7) is 6.58. The highest BCUT2D eigenvalue weighted by molar-refractivity contribution is 5.81. The van der Waals surface area contributed by atoms with Gasteiger partial charge in [-0.05, 0) is 31.9 Å². The summed E-state index contributed by atoms with van der Waals surface area (Å²) in [7, 11) is 0. The number of nitrogens with zero attached hydrogens (tertiary/aromatic N) is 1. The van der Waals surface area contributed by atoms with Crippen LogP contribution in [0.4, 0.5) is 0 Å². The van der Waals surface area contributed by atoms with Gasteiger partial charge in [0.05, 0.1) is 6.04 Å². The van der Waals surface area contributed by atoms with E-state index >= 15 is 0 Å². The van der Waals surface area contributed by atoms with Crippen LogP contribution >= 0.6 is 0 Å². The number of amides is 1. The van der Waals surface area contributed by atoms with E-state index in [2.05, 4.69) is 22.5 Å². The van der Waals surface area contributed by atoms with Gasteiger partial charge in [0.2, 0.25) is 5.91 Å². The van der Waals surface area contributed by atoms with Gasteiger partial charge in [-0.25, -0.2) is 0 Å². The number of carbonyl (C=O) groups excluding carboxylic acids is 1. The molecule has 1 heterocycles. The van der Waals surface area contributed by atoms with Crippen molar-refractivity contribution in [3.05, 3.63) is 30.1 Å². The summed E-state index contributed by atoms with van der Waals surface area (Å²) in [6.07, 6.45) is 4.48. The van der Waals surface area contributed by atoms with Crippen molar-refractivity contribution < 1.29 is 4.79 Å². The van der Waals surface area contributed by atoms with Gasteiger partial charge in [-0.3, -0.25) is 9.78 Å². The minimum Gasteiger partial charge on any atom is -0.352 e. The Labute approximate surface area is 103 Å². The maximum Gasteiger partial charge on any atom is 0.237 e. The van der Waals surface area contributed by atoms with Gasteiger partial charge in [-0.15, -0.1) is 0 Å². The van der Waals surface area contributed by atoms with Crippen molar-refractivity contribution in [1.29, 1.82) is 0 Å². The van der Waals surface area contributed by atoms with E-state index < -0.39 is 0 Å². The highest BCUT2D eigenvalue weighted by Crippen LogP contribution is 1.96. The van der Waals surface area contributed by atoms with Gasteiger partial charge in [0.1, 0.15) is 0 Å². The molecule has 1 aromatic rings. The topological polar surface area (TPSA) is 54.0 Å². The quantitative estimate of drug-likeness (QED) is 0.785. The first kappa shape index (κ1) is 13.6. The lowest BCUT2D eigenvalue weighted by molar-refractivity contribution is -0.123. The van der Waals surface area contributed by atoms with E-state index in [0.717, 1.165) is 12.0 Å². The molecule has 1 aromatic heterocycles. The number of hydrogen-bond acceptors (Lipinski definition) is 3. The molecular formula is C13H21N3O. The summed E-state index contributed by atoms with van der Waals surface area (Å²) < 4.78 is 0. The van der Waals surface area contributed by atoms with Crippen molar-refractivity contribution in [3.63, 3.8) is 0 Å². The van der Waals surface area contributed by atoms with E-state index in [0.29, 0.717) is 6.54 Å². The van der Waals surface area contributed by atoms with E-state index in [-0.39, 0.29) is 18.0 Å². The second-order valence-electron chi connectivity index (χ2n) is 4.28. The molecule has 0 aliphatic rings. The van der Waals surface area contributed by atoms with Crippen molar-refractivity contribution in [2.45, 2.75) is 45.8 Å². The molecule has 0 saturated carbocycles. The maximum absolute atomic E-state index is 11.7. The van der Waals surface area contributed by atoms with Crippen molar-refractivity contribution >= 4 is 5.91 Å². The van der Waals surface area contributed by atoms with Crippen LogP contribution in [-0.4, -0.2) is 23.0 Å². The summed E-state index contributed by atoms with van der Waals surface area (Å²) in [6, 6.07) is 3.91. The van der Waals surface area contributed by atoms with Gasteiger partial charge in [-0.1, -0.05) is 13.0 Å². The van der Waals surface area contributed by atoms with E-state index in [1.165, 1.54) is 0 Å². The Kier molecular flexibility index (Phi) is 5.63. The number of pyridine rings is 1. The summed E-state index contributed by atoms with van der Waals surface area (Å²) in [5.41, 5.74) is 1.08. The third kappa shape index (κ3) is 4.95. The third-order valence-electron chi connectivity index (χ3n) is 2.73. The molecule has 0 aliphatic carbocycles. The normalized spacial score (nSPS) is 14.1. The summed E-state index contributed by atoms with van der Waals surface area (Å²) in [4.78, 5) is 15.8. The molecule has 94 valence electrons. The predicted molar refractivity (Wildman–Crippen MR) is 68.4 cm³/mol. The molecule has 0 fully saturated rings. The van der Waals surface area contributed by atoms with Crippen LogP contribution in [0.25, 0.3) is 0 Å². The molecule has 2 N–H and O–H groups in total. The largest absolute Gasteiger partial charge is 0.352 e. The zero-order valence-corrected chi connectivity index (χ0v) is 10.7. The van der Waals surface area contributed by atoms with Crippen molar-refractivity contribution in [2.75, 3.05) is 0 Å². The van der Waals surface area contributed by atoms with Crippen LogP contribution in [0.15, 0.2) is 24.5 Å². The Morgan fingerprint density at radius 3 is 2.82 bits per heavy atom. The number of aromatic nitrogens is 1. The van der Waals surface area contributed by atoms with Crippen LogP contribution in [0, 0.1) is 0 Å². The molecule has 2 atom stereocenters. The monoisotopic (exact) mass is 235 g/mol. The molecule has 0 aliphatic heterocycles. The van der Waals surface area contributed by atoms with E-state index in [1.807, 2.05) is 26.0 Å². The van der Waals surface area contributed by atoms with Crippen LogP contribution in [0.2, 0.25) is 0 Å². The summed E-state index contributed by atoms with van der Waals surface area (Å²) in [5.74, 6) is 0.0447. The van der Waals surface area contributed by atoms with Gasteiger partial charge < -0.3 is 10.6 Å². The first-order valence-electron chi connectivity index (χ1n) is 6.06. The van der Waals surface area contributed by atoms with Crippen LogP contribution in [-0.2, 0) is 11.3 Å². The molecule has 0 saturated heterocycles. The maximum atomic E-state index is 11.7. The predicted octanol–water partition coefficient (Wildman–Crippen LogP) is 1.47. The fourth-order valence-electron chi connectivity index (χ4n) is 1.34. The van der Waals surface area contributed by atoms with E-state index in [4.69, 9.17) is 0 Å². The van der Waals surface area contributed by atoms with E-state index in [1.54, 1.807) is 12.4 Å². The molecule has 0 aromatic carbocycles. The molecule has 1 rings (SSSR count). The highest BCUT2D eigenvalue weighted by Gasteiger charge is 2.13. The van der Waals surface area contributed by atoms with Crippen LogP contribution in [0.3, 0.4) is 0 Å². The van der Waals surface area contributed by atoms with Gasteiger partial charge >= 0.3 is 0 Å². The van der Waals surface area contributed by atoms with Crippen LogP contribution in [0.1, 0.15) is 32.8 Å². The standard InChI is InChI=1S/C13H21N3O/c1-4-10(2)16-13(17)11(3)15-9-12-6-5-7-14-8-12/h5-8,10-11,15H,4,9H2,1-3H3,(H,16,17). The molecule has 4 nitrogen and oxygen atoms in total. The first-order valence-corrected chi connectivity index (χ1v) is 6.06. The van der Waals surface area contributed by atoms with Crippen molar-refractivity contribution in [2.24, 2.45) is 0 Å². The zero-order valence-electron chi connectivity index (χ0n) is 10.7. The Balaban J connectivity index is 2.34. The minimum absolute atomic E-state index is 0.0447. The number of rotatable bonds is 6. The lowest BCUT2D eigenvalue weighted by atomic mass is 10.2. The minimum atomic E-state index is -0.191. The number of carbonyl (C=O) groups is 1. The van der Waals surface area contributed by atoms with E-state index in [9.17, 15) is 4.79 Å². The van der Waals surface area contributed by atoms with Crippen molar-refractivity contribution in [1.82, 2.24) is 15.6 Å². The summed E-state index contributed by atoms with van der Waals surface area (Å²) >= 11 is 0. The fraction of sp³-hybridized carbons (Fsp3) is 0.538. The number of hydrogen-bond donors (Lipinski definition) is 2. The van der Waals surface area contributed by atoms with Crippen molar-refractivity contribution in [3.8, 4) is 0 Å². The Morgan fingerprint density at radius 1 is 1.47 bits per heavy atom. The third-order valence-corrected chi connectivity index (χ3v) is 2.73. The lowest BCUT2D eigenvalue weighted by Crippen LogP contribution is -2.45. The molecule has 0 radical (unpaired) electrons. The average Bonchev–Trinajstić information content (AvgIpc) is 2.36. The highest BCUT2D eigenvalue weighted by atomic mass is 16.2. The van der Waals surface area contributed by atoms with Gasteiger partial charge in [0, 0.05) is 25.0 Å². The Hall–Kier alpha value is -1.42. The Bertz CT molecular complexity index is 340. The van der Waals surface area contributed by atoms with Gasteiger partial charge in [-0.2, -0.15) is 0 Å². The average molecular weight is 235 g/mol. The van der Waals surface area contributed by atoms with Crippen LogP contribution in [0.5, 0.6) is 0 Å². The molecule has 17 heavy (non-hydrogen) atoms. The molecular weight excluding hydrogens is 214 g/mol. The molecule has 0 bridgehead atoms. The second kappa shape index (κ2) is 7.01. The molecule has 0 spiro atoms. The molecule has 4 heteroatoms. The second-order valence-corrected chi connectivity index (χ2v) is 4.28. The Morgan fingerprint density at radius 2 is 2.24 bits per heavy atom. The van der Waals surface area contributed by atoms with Crippen LogP contribution < -0.4 is 10.6 Å². The fourth-order valence-corrected chi connectivity index (χ4v) is 1.34. The SMILES string of the molecule is CCC(C)NC(=O)C(C)NCc1cccnc1. The lowest BCUT2D eigenvalue weighted by Gasteiger charge is -2.17. The smallest absolute Gasteiger partial charge is 0.237 e. The number of nitrogens with one attached hydrogen (secondary N) is 2. The molecule has 1 amide bonds. The molecule has 2 unspecified atom stereocenters. The zero-order chi connectivity index (χ0) is 12.7. The van der Waals surface area contributed by atoms with Gasteiger partial charge in [0.25, 0.3) is 0 Å².